The van der Waals surface area contributed by atoms with E-state index in [9.17, 15) is 4.79 Å². The van der Waals surface area contributed by atoms with Crippen molar-refractivity contribution in [3.63, 3.8) is 0 Å². The van der Waals surface area contributed by atoms with Crippen LogP contribution >= 0.6 is 15.9 Å². The maximum Gasteiger partial charge on any atom is 0.261 e. The Morgan fingerprint density at radius 2 is 2.00 bits per heavy atom. The number of halogens is 1. The number of hydrogen-bond acceptors (Lipinski definition) is 2. The Balaban J connectivity index is 2.13. The number of nitrogens with zero attached hydrogens (tertiary/aromatic N) is 2. The van der Waals surface area contributed by atoms with Crippen molar-refractivity contribution in [2.45, 2.75) is 13.0 Å². The zero-order chi connectivity index (χ0) is 13.7. The van der Waals surface area contributed by atoms with E-state index >= 15 is 0 Å². The molecule has 1 aromatic heterocycles. The molecular formula is C16H11BrN2O. The fraction of sp³-hybridized carbons (Fsp3) is 0.125. The fourth-order valence-electron chi connectivity index (χ4n) is 2.79. The Morgan fingerprint density at radius 1 is 1.15 bits per heavy atom. The van der Waals surface area contributed by atoms with Gasteiger partial charge in [-0.1, -0.05) is 34.1 Å². The summed E-state index contributed by atoms with van der Waals surface area (Å²) >= 11 is 3.50. The van der Waals surface area contributed by atoms with Crippen LogP contribution in [0, 0.1) is 0 Å². The minimum atomic E-state index is 0.0521. The van der Waals surface area contributed by atoms with E-state index < -0.39 is 0 Å². The van der Waals surface area contributed by atoms with Gasteiger partial charge in [0, 0.05) is 16.6 Å². The highest BCUT2D eigenvalue weighted by Gasteiger charge is 2.19. The van der Waals surface area contributed by atoms with Crippen molar-refractivity contribution in [1.82, 2.24) is 9.55 Å². The number of benzene rings is 2. The van der Waals surface area contributed by atoms with Gasteiger partial charge in [-0.3, -0.25) is 9.36 Å². The molecule has 0 aliphatic carbocycles. The van der Waals surface area contributed by atoms with E-state index in [2.05, 4.69) is 22.0 Å². The zero-order valence-electron chi connectivity index (χ0n) is 10.6. The molecule has 0 atom stereocenters. The molecule has 3 nitrogen and oxygen atoms in total. The molecule has 20 heavy (non-hydrogen) atoms. The summed E-state index contributed by atoms with van der Waals surface area (Å²) < 4.78 is 2.80. The highest BCUT2D eigenvalue weighted by atomic mass is 79.9. The molecule has 4 heteroatoms. The van der Waals surface area contributed by atoms with Gasteiger partial charge >= 0.3 is 0 Å². The van der Waals surface area contributed by atoms with Crippen LogP contribution in [0.5, 0.6) is 0 Å². The van der Waals surface area contributed by atoms with E-state index in [4.69, 9.17) is 4.98 Å². The van der Waals surface area contributed by atoms with Gasteiger partial charge in [-0.15, -0.1) is 0 Å². The van der Waals surface area contributed by atoms with Crippen molar-refractivity contribution in [3.05, 3.63) is 62.9 Å². The second-order valence-corrected chi connectivity index (χ2v) is 5.88. The van der Waals surface area contributed by atoms with Crippen LogP contribution in [0.25, 0.3) is 22.3 Å². The summed E-state index contributed by atoms with van der Waals surface area (Å²) in [5, 5.41) is 0.690. The van der Waals surface area contributed by atoms with Crippen LogP contribution in [-0.2, 0) is 13.0 Å². The number of aryl methyl sites for hydroxylation is 1. The average molecular weight is 327 g/mol. The molecule has 3 aromatic rings. The molecule has 1 aliphatic rings. The van der Waals surface area contributed by atoms with Gasteiger partial charge in [0.25, 0.3) is 5.56 Å². The van der Waals surface area contributed by atoms with E-state index in [-0.39, 0.29) is 5.56 Å². The van der Waals surface area contributed by atoms with Crippen LogP contribution in [0.2, 0.25) is 0 Å². The Morgan fingerprint density at radius 3 is 2.90 bits per heavy atom. The van der Waals surface area contributed by atoms with Gasteiger partial charge in [0.1, 0.15) is 5.82 Å². The lowest BCUT2D eigenvalue weighted by Crippen LogP contribution is -2.27. The van der Waals surface area contributed by atoms with Gasteiger partial charge in [0.15, 0.2) is 0 Å². The van der Waals surface area contributed by atoms with Gasteiger partial charge in [-0.25, -0.2) is 4.98 Å². The molecule has 0 radical (unpaired) electrons. The lowest BCUT2D eigenvalue weighted by Gasteiger charge is -2.21. The number of fused-ring (bicyclic) bond motifs is 4. The van der Waals surface area contributed by atoms with Crippen LogP contribution in [0.15, 0.2) is 51.7 Å². The molecule has 0 fully saturated rings. The molecule has 0 saturated carbocycles. The Labute approximate surface area is 124 Å². The maximum absolute atomic E-state index is 12.6. The second kappa shape index (κ2) is 4.28. The fourth-order valence-corrected chi connectivity index (χ4v) is 3.15. The molecule has 98 valence electrons. The minimum absolute atomic E-state index is 0.0521. The van der Waals surface area contributed by atoms with Crippen LogP contribution in [0.3, 0.4) is 0 Å². The van der Waals surface area contributed by atoms with Gasteiger partial charge in [-0.05, 0) is 36.2 Å². The maximum atomic E-state index is 12.6. The van der Waals surface area contributed by atoms with E-state index in [0.29, 0.717) is 11.9 Å². The average Bonchev–Trinajstić information content (AvgIpc) is 2.47. The number of rotatable bonds is 0. The highest BCUT2D eigenvalue weighted by molar-refractivity contribution is 9.10. The third-order valence-corrected chi connectivity index (χ3v) is 4.27. The van der Waals surface area contributed by atoms with Crippen molar-refractivity contribution in [3.8, 4) is 11.4 Å². The molecular weight excluding hydrogens is 316 g/mol. The highest BCUT2D eigenvalue weighted by Crippen LogP contribution is 2.30. The third-order valence-electron chi connectivity index (χ3n) is 3.78. The van der Waals surface area contributed by atoms with Gasteiger partial charge < -0.3 is 0 Å². The van der Waals surface area contributed by atoms with Crippen molar-refractivity contribution in [1.29, 1.82) is 0 Å². The predicted octanol–water partition coefficient (Wildman–Crippen LogP) is 3.38. The smallest absolute Gasteiger partial charge is 0.261 e. The first-order valence-electron chi connectivity index (χ1n) is 6.52. The first kappa shape index (κ1) is 11.9. The zero-order valence-corrected chi connectivity index (χ0v) is 12.2. The van der Waals surface area contributed by atoms with Crippen LogP contribution < -0.4 is 5.56 Å². The Bertz CT molecular complexity index is 899. The summed E-state index contributed by atoms with van der Waals surface area (Å²) in [4.78, 5) is 17.3. The summed E-state index contributed by atoms with van der Waals surface area (Å²) in [7, 11) is 0. The van der Waals surface area contributed by atoms with Crippen molar-refractivity contribution >= 4 is 26.8 Å². The molecule has 2 heterocycles. The van der Waals surface area contributed by atoms with E-state index in [1.165, 1.54) is 5.56 Å². The van der Waals surface area contributed by atoms with Crippen LogP contribution in [0.4, 0.5) is 0 Å². The normalized spacial score (nSPS) is 13.1. The quantitative estimate of drug-likeness (QED) is 0.634. The first-order valence-corrected chi connectivity index (χ1v) is 7.32. The topological polar surface area (TPSA) is 34.9 Å². The van der Waals surface area contributed by atoms with E-state index in [1.807, 2.05) is 36.4 Å². The van der Waals surface area contributed by atoms with Crippen LogP contribution in [-0.4, -0.2) is 9.55 Å². The van der Waals surface area contributed by atoms with E-state index in [1.54, 1.807) is 4.57 Å². The standard InChI is InChI=1S/C16H11BrN2O/c17-11-6-5-10-7-8-19-15(13(10)9-11)18-14-4-2-1-3-12(14)16(19)20/h1-6,9H,7-8H2. The Kier molecular flexibility index (Phi) is 2.54. The summed E-state index contributed by atoms with van der Waals surface area (Å²) in [6.07, 6.45) is 0.871. The van der Waals surface area contributed by atoms with Crippen LogP contribution in [0.1, 0.15) is 5.56 Å². The molecule has 0 unspecified atom stereocenters. The molecule has 4 rings (SSSR count). The second-order valence-electron chi connectivity index (χ2n) is 4.96. The lowest BCUT2D eigenvalue weighted by molar-refractivity contribution is 0.652. The third kappa shape index (κ3) is 1.64. The number of hydrogen-bond donors (Lipinski definition) is 0. The molecule has 0 saturated heterocycles. The summed E-state index contributed by atoms with van der Waals surface area (Å²) in [6, 6.07) is 13.7. The lowest BCUT2D eigenvalue weighted by atomic mass is 10.00. The largest absolute Gasteiger partial charge is 0.292 e. The van der Waals surface area contributed by atoms with Crippen molar-refractivity contribution < 1.29 is 0 Å². The first-order chi connectivity index (χ1) is 9.74. The monoisotopic (exact) mass is 326 g/mol. The molecule has 0 bridgehead atoms. The van der Waals surface area contributed by atoms with Gasteiger partial charge in [0.05, 0.1) is 10.9 Å². The van der Waals surface area contributed by atoms with Crippen molar-refractivity contribution in [2.24, 2.45) is 0 Å². The van der Waals surface area contributed by atoms with Crippen molar-refractivity contribution in [2.75, 3.05) is 0 Å². The van der Waals surface area contributed by atoms with Gasteiger partial charge in [0.2, 0.25) is 0 Å². The molecule has 2 aromatic carbocycles. The van der Waals surface area contributed by atoms with E-state index in [0.717, 1.165) is 27.8 Å². The molecule has 0 amide bonds. The Hall–Kier alpha value is -1.94. The molecule has 0 N–H and O–H groups in total. The summed E-state index contributed by atoms with van der Waals surface area (Å²) in [6.45, 7) is 0.695. The predicted molar refractivity (Wildman–Crippen MR) is 82.8 cm³/mol. The summed E-state index contributed by atoms with van der Waals surface area (Å²) in [5.74, 6) is 0.774. The van der Waals surface area contributed by atoms with Gasteiger partial charge in [-0.2, -0.15) is 0 Å². The minimum Gasteiger partial charge on any atom is -0.292 e. The summed E-state index contributed by atoms with van der Waals surface area (Å²) in [5.41, 5.74) is 3.11. The number of para-hydroxylation sites is 1. The molecule has 0 spiro atoms. The molecule has 1 aliphatic heterocycles. The number of aromatic nitrogens is 2. The SMILES string of the molecule is O=c1c2ccccc2nc2n1CCc1ccc(Br)cc1-2.